The fourth-order valence-corrected chi connectivity index (χ4v) is 1.94. The highest BCUT2D eigenvalue weighted by atomic mass is 32.2. The summed E-state index contributed by atoms with van der Waals surface area (Å²) in [4.78, 5) is 0. The molecule has 0 atom stereocenters. The number of aliphatic hydroxyl groups excluding tert-OH is 2. The average Bonchev–Trinajstić information content (AvgIpc) is 2.14. The molecule has 0 aromatic carbocycles. The lowest BCUT2D eigenvalue weighted by molar-refractivity contribution is 0.105. The summed E-state index contributed by atoms with van der Waals surface area (Å²) >= 11 is 0. The number of nitrogens with one attached hydrogen (secondary N) is 1. The number of hydrogen-bond donors (Lipinski definition) is 3. The largest absolute Gasteiger partial charge is 0.394 e. The van der Waals surface area contributed by atoms with E-state index in [2.05, 4.69) is 4.72 Å². The van der Waals surface area contributed by atoms with E-state index in [1.807, 2.05) is 0 Å². The van der Waals surface area contributed by atoms with Crippen LogP contribution in [0.25, 0.3) is 0 Å². The van der Waals surface area contributed by atoms with Gasteiger partial charge in [0.25, 0.3) is 0 Å². The first-order valence-electron chi connectivity index (χ1n) is 4.58. The summed E-state index contributed by atoms with van der Waals surface area (Å²) in [7, 11) is -3.46. The molecule has 0 aromatic heterocycles. The maximum Gasteiger partial charge on any atom is 0.214 e. The molecule has 0 saturated heterocycles. The van der Waals surface area contributed by atoms with E-state index in [0.717, 1.165) is 0 Å². The number of sulfonamides is 1. The molecule has 0 saturated carbocycles. The monoisotopic (exact) mass is 225 g/mol. The van der Waals surface area contributed by atoms with Crippen LogP contribution in [0.4, 0.5) is 0 Å². The first-order valence-corrected chi connectivity index (χ1v) is 6.12. The van der Waals surface area contributed by atoms with Crippen molar-refractivity contribution >= 4 is 10.0 Å². The van der Waals surface area contributed by atoms with Gasteiger partial charge < -0.3 is 10.2 Å². The molecule has 0 fully saturated rings. The van der Waals surface area contributed by atoms with E-state index in [0.29, 0.717) is 6.42 Å². The number of hydrogen-bond acceptors (Lipinski definition) is 4. The van der Waals surface area contributed by atoms with Crippen molar-refractivity contribution in [1.82, 2.24) is 4.72 Å². The normalized spacial score (nSPS) is 13.6. The topological polar surface area (TPSA) is 86.6 Å². The molecule has 0 heterocycles. The van der Waals surface area contributed by atoms with Crippen LogP contribution in [0.5, 0.6) is 0 Å². The molecule has 0 spiro atoms. The summed E-state index contributed by atoms with van der Waals surface area (Å²) in [5.41, 5.74) is -1.14. The van der Waals surface area contributed by atoms with Gasteiger partial charge in [-0.3, -0.25) is 0 Å². The van der Waals surface area contributed by atoms with Crippen molar-refractivity contribution in [3.63, 3.8) is 0 Å². The van der Waals surface area contributed by atoms with Crippen LogP contribution in [-0.4, -0.2) is 42.6 Å². The zero-order valence-electron chi connectivity index (χ0n) is 8.82. The van der Waals surface area contributed by atoms with Gasteiger partial charge in [0.15, 0.2) is 0 Å². The Morgan fingerprint density at radius 3 is 1.93 bits per heavy atom. The quantitative estimate of drug-likeness (QED) is 0.566. The Hall–Kier alpha value is -0.170. The lowest BCUT2D eigenvalue weighted by atomic mass is 10.0. The molecule has 6 heteroatoms. The summed E-state index contributed by atoms with van der Waals surface area (Å²) in [5, 5.41) is 17.5. The minimum Gasteiger partial charge on any atom is -0.394 e. The first-order chi connectivity index (χ1) is 6.33. The standard InChI is InChI=1S/C8H19NO4S/c1-4-8(5-10,6-11)9-14(12,13)7(2)3/h7,9-11H,4-6H2,1-3H3. The molecule has 5 nitrogen and oxygen atoms in total. The molecule has 14 heavy (non-hydrogen) atoms. The van der Waals surface area contributed by atoms with Gasteiger partial charge in [-0.15, -0.1) is 0 Å². The molecule has 0 aliphatic heterocycles. The van der Waals surface area contributed by atoms with Crippen molar-refractivity contribution in [2.75, 3.05) is 13.2 Å². The van der Waals surface area contributed by atoms with Gasteiger partial charge in [0.05, 0.1) is 24.0 Å². The summed E-state index contributed by atoms with van der Waals surface area (Å²) < 4.78 is 25.3. The zero-order valence-corrected chi connectivity index (χ0v) is 9.63. The second kappa shape index (κ2) is 5.06. The van der Waals surface area contributed by atoms with Crippen LogP contribution >= 0.6 is 0 Å². The highest BCUT2D eigenvalue weighted by Crippen LogP contribution is 2.12. The third-order valence-electron chi connectivity index (χ3n) is 2.26. The number of rotatable bonds is 6. The Kier molecular flexibility index (Phi) is 5.00. The van der Waals surface area contributed by atoms with E-state index >= 15 is 0 Å². The molecule has 0 bridgehead atoms. The Morgan fingerprint density at radius 1 is 1.29 bits per heavy atom. The van der Waals surface area contributed by atoms with Gasteiger partial charge in [-0.2, -0.15) is 0 Å². The minimum absolute atomic E-state index is 0.339. The maximum absolute atomic E-state index is 11.5. The van der Waals surface area contributed by atoms with E-state index in [1.54, 1.807) is 6.92 Å². The van der Waals surface area contributed by atoms with Crippen LogP contribution < -0.4 is 4.72 Å². The van der Waals surface area contributed by atoms with Crippen LogP contribution in [0.1, 0.15) is 27.2 Å². The zero-order chi connectivity index (χ0) is 11.4. The molecule has 0 radical (unpaired) electrons. The third kappa shape index (κ3) is 3.20. The van der Waals surface area contributed by atoms with E-state index in [9.17, 15) is 8.42 Å². The van der Waals surface area contributed by atoms with Crippen LogP contribution in [-0.2, 0) is 10.0 Å². The summed E-state index contributed by atoms with van der Waals surface area (Å²) in [6.45, 7) is 3.96. The van der Waals surface area contributed by atoms with Gasteiger partial charge >= 0.3 is 0 Å². The van der Waals surface area contributed by atoms with Gasteiger partial charge in [-0.1, -0.05) is 6.92 Å². The van der Waals surface area contributed by atoms with Gasteiger partial charge in [0, 0.05) is 0 Å². The van der Waals surface area contributed by atoms with Crippen molar-refractivity contribution in [2.45, 2.75) is 38.0 Å². The van der Waals surface area contributed by atoms with Crippen molar-refractivity contribution < 1.29 is 18.6 Å². The van der Waals surface area contributed by atoms with Gasteiger partial charge in [0.2, 0.25) is 10.0 Å². The van der Waals surface area contributed by atoms with Gasteiger partial charge in [-0.25, -0.2) is 13.1 Å². The Morgan fingerprint density at radius 2 is 1.71 bits per heavy atom. The van der Waals surface area contributed by atoms with Gasteiger partial charge in [0.1, 0.15) is 0 Å². The second-order valence-electron chi connectivity index (χ2n) is 3.65. The predicted molar refractivity (Wildman–Crippen MR) is 54.4 cm³/mol. The predicted octanol–water partition coefficient (Wildman–Crippen LogP) is -0.552. The Labute approximate surface area is 85.2 Å². The molecule has 0 aromatic rings. The molecular formula is C8H19NO4S. The van der Waals surface area contributed by atoms with Crippen LogP contribution in [0, 0.1) is 0 Å². The summed E-state index contributed by atoms with van der Waals surface area (Å²) in [6, 6.07) is 0. The van der Waals surface area contributed by atoms with Crippen LogP contribution in [0.2, 0.25) is 0 Å². The van der Waals surface area contributed by atoms with E-state index in [4.69, 9.17) is 10.2 Å². The van der Waals surface area contributed by atoms with E-state index < -0.39 is 34.0 Å². The lowest BCUT2D eigenvalue weighted by Crippen LogP contribution is -2.55. The molecule has 0 aliphatic carbocycles. The molecule has 3 N–H and O–H groups in total. The highest BCUT2D eigenvalue weighted by Gasteiger charge is 2.32. The Balaban J connectivity index is 4.78. The van der Waals surface area contributed by atoms with Crippen LogP contribution in [0.3, 0.4) is 0 Å². The molecule has 0 unspecified atom stereocenters. The number of aliphatic hydroxyl groups is 2. The molecule has 0 aliphatic rings. The Bertz CT molecular complexity index is 248. The van der Waals surface area contributed by atoms with Gasteiger partial charge in [-0.05, 0) is 20.3 Å². The van der Waals surface area contributed by atoms with Crippen LogP contribution in [0.15, 0.2) is 0 Å². The second-order valence-corrected chi connectivity index (χ2v) is 5.88. The minimum atomic E-state index is -3.46. The van der Waals surface area contributed by atoms with Crippen molar-refractivity contribution in [1.29, 1.82) is 0 Å². The molecule has 86 valence electrons. The third-order valence-corrected chi connectivity index (χ3v) is 4.22. The molecule has 0 amide bonds. The molecular weight excluding hydrogens is 206 g/mol. The first kappa shape index (κ1) is 13.8. The summed E-state index contributed by atoms with van der Waals surface area (Å²) in [5.74, 6) is 0. The SMILES string of the molecule is CCC(CO)(CO)NS(=O)(=O)C(C)C. The van der Waals surface area contributed by atoms with E-state index in [1.165, 1.54) is 13.8 Å². The summed E-state index contributed by atoms with van der Waals surface area (Å²) in [6.07, 6.45) is 0.339. The lowest BCUT2D eigenvalue weighted by Gasteiger charge is -2.30. The molecule has 0 rings (SSSR count). The highest BCUT2D eigenvalue weighted by molar-refractivity contribution is 7.90. The maximum atomic E-state index is 11.5. The van der Waals surface area contributed by atoms with E-state index in [-0.39, 0.29) is 0 Å². The van der Waals surface area contributed by atoms with Crippen molar-refractivity contribution in [2.24, 2.45) is 0 Å². The smallest absolute Gasteiger partial charge is 0.214 e. The fraction of sp³-hybridized carbons (Fsp3) is 1.00. The van der Waals surface area contributed by atoms with Crippen molar-refractivity contribution in [3.05, 3.63) is 0 Å². The van der Waals surface area contributed by atoms with Crippen molar-refractivity contribution in [3.8, 4) is 0 Å². The average molecular weight is 225 g/mol. The fourth-order valence-electron chi connectivity index (χ4n) is 0.830.